The van der Waals surface area contributed by atoms with Gasteiger partial charge in [0.05, 0.1) is 0 Å². The van der Waals surface area contributed by atoms with Crippen LogP contribution < -0.4 is 10.2 Å². The number of aliphatic hydroxyl groups excluding tert-OH is 1. The number of hydrogen-bond acceptors (Lipinski definition) is 3. The lowest BCUT2D eigenvalue weighted by Gasteiger charge is -2.29. The molecule has 1 atom stereocenters. The predicted molar refractivity (Wildman–Crippen MR) is 88.0 cm³/mol. The van der Waals surface area contributed by atoms with E-state index >= 15 is 0 Å². The van der Waals surface area contributed by atoms with Crippen molar-refractivity contribution in [1.29, 1.82) is 0 Å². The van der Waals surface area contributed by atoms with Gasteiger partial charge in [0, 0.05) is 48.1 Å². The lowest BCUT2D eigenvalue weighted by molar-refractivity contribution is 0.279. The molecule has 0 bridgehead atoms. The molecule has 2 fully saturated rings. The highest BCUT2D eigenvalue weighted by Crippen LogP contribution is 2.34. The van der Waals surface area contributed by atoms with Gasteiger partial charge >= 0.3 is 0 Å². The van der Waals surface area contributed by atoms with Crippen LogP contribution in [0.25, 0.3) is 0 Å². The van der Waals surface area contributed by atoms with Crippen molar-refractivity contribution >= 4 is 17.3 Å². The molecule has 1 unspecified atom stereocenters. The summed E-state index contributed by atoms with van der Waals surface area (Å²) in [5.74, 6) is 0. The molecule has 0 radical (unpaired) electrons. The summed E-state index contributed by atoms with van der Waals surface area (Å²) in [4.78, 5) is 2.51. The number of rotatable bonds is 7. The summed E-state index contributed by atoms with van der Waals surface area (Å²) in [5, 5.41) is 13.5. The fourth-order valence-corrected chi connectivity index (χ4v) is 3.54. The average Bonchev–Trinajstić information content (AvgIpc) is 3.20. The Kier molecular flexibility index (Phi) is 5.04. The summed E-state index contributed by atoms with van der Waals surface area (Å²) in [7, 11) is 0. The fourth-order valence-electron chi connectivity index (χ4n) is 3.31. The minimum atomic E-state index is 0.288. The largest absolute Gasteiger partial charge is 0.396 e. The third-order valence-electron chi connectivity index (χ3n) is 4.62. The second-order valence-electron chi connectivity index (χ2n) is 6.25. The van der Waals surface area contributed by atoms with Gasteiger partial charge in [-0.25, -0.2) is 0 Å². The van der Waals surface area contributed by atoms with Crippen molar-refractivity contribution in [2.75, 3.05) is 18.1 Å². The standard InChI is InChI=1S/C17H25ClN2O/c18-16-6-1-7-17(15(16)12-19-13-8-9-13)20-10-2-4-14(20)5-3-11-21/h1,6-7,13-14,19,21H,2-5,8-12H2. The van der Waals surface area contributed by atoms with E-state index in [-0.39, 0.29) is 6.61 Å². The molecular formula is C17H25ClN2O. The molecule has 21 heavy (non-hydrogen) atoms. The van der Waals surface area contributed by atoms with Crippen LogP contribution in [0.2, 0.25) is 5.02 Å². The Morgan fingerprint density at radius 3 is 2.90 bits per heavy atom. The van der Waals surface area contributed by atoms with Crippen molar-refractivity contribution < 1.29 is 5.11 Å². The van der Waals surface area contributed by atoms with Crippen LogP contribution in [-0.4, -0.2) is 30.3 Å². The van der Waals surface area contributed by atoms with Crippen LogP contribution >= 0.6 is 11.6 Å². The average molecular weight is 309 g/mol. The molecule has 4 heteroatoms. The van der Waals surface area contributed by atoms with Crippen molar-refractivity contribution in [3.8, 4) is 0 Å². The summed E-state index contributed by atoms with van der Waals surface area (Å²) in [6.45, 7) is 2.26. The summed E-state index contributed by atoms with van der Waals surface area (Å²) < 4.78 is 0. The van der Waals surface area contributed by atoms with Crippen LogP contribution in [0.3, 0.4) is 0 Å². The molecule has 2 N–H and O–H groups in total. The van der Waals surface area contributed by atoms with Gasteiger partial charge in [-0.3, -0.25) is 0 Å². The lowest BCUT2D eigenvalue weighted by Crippen LogP contribution is -2.31. The van der Waals surface area contributed by atoms with Crippen LogP contribution in [-0.2, 0) is 6.54 Å². The molecule has 1 aromatic carbocycles. The van der Waals surface area contributed by atoms with Gasteiger partial charge in [-0.2, -0.15) is 0 Å². The van der Waals surface area contributed by atoms with E-state index in [0.29, 0.717) is 12.1 Å². The van der Waals surface area contributed by atoms with E-state index < -0.39 is 0 Å². The molecule has 3 rings (SSSR count). The van der Waals surface area contributed by atoms with E-state index in [0.717, 1.165) is 31.0 Å². The highest BCUT2D eigenvalue weighted by molar-refractivity contribution is 6.31. The Bertz CT molecular complexity index is 476. The van der Waals surface area contributed by atoms with Crippen LogP contribution in [0.5, 0.6) is 0 Å². The number of nitrogens with zero attached hydrogens (tertiary/aromatic N) is 1. The first-order chi connectivity index (χ1) is 10.3. The molecule has 1 aliphatic heterocycles. The fraction of sp³-hybridized carbons (Fsp3) is 0.647. The topological polar surface area (TPSA) is 35.5 Å². The minimum Gasteiger partial charge on any atom is -0.396 e. The van der Waals surface area contributed by atoms with E-state index in [9.17, 15) is 0 Å². The monoisotopic (exact) mass is 308 g/mol. The van der Waals surface area contributed by atoms with Gasteiger partial charge in [0.2, 0.25) is 0 Å². The quantitative estimate of drug-likeness (QED) is 0.811. The normalized spacial score (nSPS) is 22.0. The third kappa shape index (κ3) is 3.71. The van der Waals surface area contributed by atoms with Gasteiger partial charge in [-0.05, 0) is 50.7 Å². The lowest BCUT2D eigenvalue weighted by atomic mass is 10.1. The molecule has 0 spiro atoms. The Labute approximate surface area is 132 Å². The van der Waals surface area contributed by atoms with E-state index in [1.54, 1.807) is 0 Å². The van der Waals surface area contributed by atoms with Crippen LogP contribution in [0.1, 0.15) is 44.1 Å². The van der Waals surface area contributed by atoms with Crippen LogP contribution in [0.4, 0.5) is 5.69 Å². The third-order valence-corrected chi connectivity index (χ3v) is 4.98. The molecule has 3 nitrogen and oxygen atoms in total. The molecule has 2 aliphatic rings. The molecule has 1 saturated carbocycles. The van der Waals surface area contributed by atoms with Gasteiger partial charge in [0.25, 0.3) is 0 Å². The molecule has 1 saturated heterocycles. The Morgan fingerprint density at radius 1 is 1.29 bits per heavy atom. The number of benzene rings is 1. The van der Waals surface area contributed by atoms with Crippen molar-refractivity contribution in [3.05, 3.63) is 28.8 Å². The maximum atomic E-state index is 9.08. The molecular weight excluding hydrogens is 284 g/mol. The van der Waals surface area contributed by atoms with E-state index in [4.69, 9.17) is 16.7 Å². The highest BCUT2D eigenvalue weighted by atomic mass is 35.5. The smallest absolute Gasteiger partial charge is 0.0471 e. The zero-order valence-electron chi connectivity index (χ0n) is 12.5. The van der Waals surface area contributed by atoms with Gasteiger partial charge in [0.15, 0.2) is 0 Å². The number of halogens is 1. The highest BCUT2D eigenvalue weighted by Gasteiger charge is 2.27. The molecule has 1 aliphatic carbocycles. The Balaban J connectivity index is 1.77. The van der Waals surface area contributed by atoms with E-state index in [1.165, 1.54) is 36.9 Å². The van der Waals surface area contributed by atoms with Crippen molar-refractivity contribution in [2.24, 2.45) is 0 Å². The SMILES string of the molecule is OCCCC1CCCN1c1cccc(Cl)c1CNC1CC1. The zero-order chi connectivity index (χ0) is 14.7. The first kappa shape index (κ1) is 15.1. The first-order valence-corrected chi connectivity index (χ1v) is 8.55. The van der Waals surface area contributed by atoms with Gasteiger partial charge in [-0.15, -0.1) is 0 Å². The molecule has 0 aromatic heterocycles. The van der Waals surface area contributed by atoms with E-state index in [1.807, 2.05) is 6.07 Å². The number of anilines is 1. The molecule has 116 valence electrons. The van der Waals surface area contributed by atoms with Gasteiger partial charge < -0.3 is 15.3 Å². The number of hydrogen-bond donors (Lipinski definition) is 2. The number of nitrogens with one attached hydrogen (secondary N) is 1. The van der Waals surface area contributed by atoms with Crippen LogP contribution in [0.15, 0.2) is 18.2 Å². The Morgan fingerprint density at radius 2 is 2.14 bits per heavy atom. The maximum Gasteiger partial charge on any atom is 0.0471 e. The van der Waals surface area contributed by atoms with Gasteiger partial charge in [0.1, 0.15) is 0 Å². The summed E-state index contributed by atoms with van der Waals surface area (Å²) >= 11 is 6.46. The van der Waals surface area contributed by atoms with E-state index in [2.05, 4.69) is 22.3 Å². The van der Waals surface area contributed by atoms with Crippen molar-refractivity contribution in [3.63, 3.8) is 0 Å². The summed E-state index contributed by atoms with van der Waals surface area (Å²) in [5.41, 5.74) is 2.53. The maximum absolute atomic E-state index is 9.08. The second-order valence-corrected chi connectivity index (χ2v) is 6.66. The molecule has 1 heterocycles. The summed E-state index contributed by atoms with van der Waals surface area (Å²) in [6, 6.07) is 7.49. The Hall–Kier alpha value is -0.770. The zero-order valence-corrected chi connectivity index (χ0v) is 13.3. The van der Waals surface area contributed by atoms with Crippen molar-refractivity contribution in [2.45, 2.75) is 57.2 Å². The minimum absolute atomic E-state index is 0.288. The van der Waals surface area contributed by atoms with Crippen molar-refractivity contribution in [1.82, 2.24) is 5.32 Å². The molecule has 1 aromatic rings. The second kappa shape index (κ2) is 6.99. The molecule has 0 amide bonds. The predicted octanol–water partition coefficient (Wildman–Crippen LogP) is 3.33. The summed E-state index contributed by atoms with van der Waals surface area (Å²) in [6.07, 6.45) is 7.00. The van der Waals surface area contributed by atoms with Crippen LogP contribution in [0, 0.1) is 0 Å². The first-order valence-electron chi connectivity index (χ1n) is 8.18. The number of aliphatic hydroxyl groups is 1. The van der Waals surface area contributed by atoms with Gasteiger partial charge in [-0.1, -0.05) is 17.7 Å².